The zero-order valence-electron chi connectivity index (χ0n) is 9.74. The molecule has 0 atom stereocenters. The molecule has 0 unspecified atom stereocenters. The van der Waals surface area contributed by atoms with Crippen molar-refractivity contribution in [3.8, 4) is 0 Å². The number of nitrogens with one attached hydrogen (secondary N) is 1. The second-order valence-electron chi connectivity index (χ2n) is 3.98. The molecule has 0 aromatic heterocycles. The summed E-state index contributed by atoms with van der Waals surface area (Å²) < 4.78 is 22.5. The van der Waals surface area contributed by atoms with Crippen LogP contribution in [0.2, 0.25) is 0 Å². The monoisotopic (exact) mass is 320 g/mol. The van der Waals surface area contributed by atoms with E-state index in [-0.39, 0.29) is 5.75 Å². The normalized spacial score (nSPS) is 11.7. The summed E-state index contributed by atoms with van der Waals surface area (Å²) in [7, 11) is -3.33. The number of aryl methyl sites for hydroxylation is 1. The standard InChI is InChI=1S/C11H17BrN2O2S/c1-9-3-4-10(7-11(9)12)8-14-5-2-6-17(13,15)16/h3-4,7,14H,2,5-6,8H2,1H3,(H2,13,15,16). The van der Waals surface area contributed by atoms with Gasteiger partial charge in [-0.2, -0.15) is 0 Å². The maximum atomic E-state index is 10.7. The van der Waals surface area contributed by atoms with Gasteiger partial charge in [0.2, 0.25) is 10.0 Å². The van der Waals surface area contributed by atoms with Gasteiger partial charge in [0.25, 0.3) is 0 Å². The molecule has 4 nitrogen and oxygen atoms in total. The van der Waals surface area contributed by atoms with Gasteiger partial charge in [-0.1, -0.05) is 28.1 Å². The molecule has 17 heavy (non-hydrogen) atoms. The molecule has 0 spiro atoms. The second kappa shape index (κ2) is 6.49. The number of rotatable bonds is 6. The van der Waals surface area contributed by atoms with Gasteiger partial charge in [0, 0.05) is 11.0 Å². The molecule has 1 rings (SSSR count). The molecule has 0 heterocycles. The number of nitrogens with two attached hydrogens (primary N) is 1. The molecule has 0 saturated carbocycles. The number of hydrogen-bond donors (Lipinski definition) is 2. The first kappa shape index (κ1) is 14.6. The van der Waals surface area contributed by atoms with E-state index < -0.39 is 10.0 Å². The highest BCUT2D eigenvalue weighted by atomic mass is 79.9. The number of sulfonamides is 1. The maximum Gasteiger partial charge on any atom is 0.209 e. The number of hydrogen-bond acceptors (Lipinski definition) is 3. The molecule has 0 saturated heterocycles. The summed E-state index contributed by atoms with van der Waals surface area (Å²) in [6.07, 6.45) is 0.534. The van der Waals surface area contributed by atoms with Gasteiger partial charge in [0.1, 0.15) is 0 Å². The Balaban J connectivity index is 2.29. The van der Waals surface area contributed by atoms with E-state index in [4.69, 9.17) is 5.14 Å². The highest BCUT2D eigenvalue weighted by Crippen LogP contribution is 2.17. The molecule has 0 fully saturated rings. The molecule has 3 N–H and O–H groups in total. The Morgan fingerprint density at radius 2 is 2.12 bits per heavy atom. The van der Waals surface area contributed by atoms with Crippen molar-refractivity contribution in [3.63, 3.8) is 0 Å². The highest BCUT2D eigenvalue weighted by Gasteiger charge is 2.01. The third-order valence-electron chi connectivity index (χ3n) is 2.35. The SMILES string of the molecule is Cc1ccc(CNCCCS(N)(=O)=O)cc1Br. The fourth-order valence-corrected chi connectivity index (χ4v) is 2.35. The fraction of sp³-hybridized carbons (Fsp3) is 0.455. The smallest absolute Gasteiger partial charge is 0.209 e. The third-order valence-corrected chi connectivity index (χ3v) is 4.06. The Labute approximate surface area is 111 Å². The Morgan fingerprint density at radius 1 is 1.41 bits per heavy atom. The van der Waals surface area contributed by atoms with Crippen molar-refractivity contribution in [1.82, 2.24) is 5.32 Å². The van der Waals surface area contributed by atoms with E-state index >= 15 is 0 Å². The largest absolute Gasteiger partial charge is 0.313 e. The van der Waals surface area contributed by atoms with E-state index in [1.165, 1.54) is 5.56 Å². The summed E-state index contributed by atoms with van der Waals surface area (Å²) in [5, 5.41) is 8.08. The lowest BCUT2D eigenvalue weighted by Crippen LogP contribution is -2.22. The van der Waals surface area contributed by atoms with E-state index in [0.29, 0.717) is 13.0 Å². The maximum absolute atomic E-state index is 10.7. The molecule has 0 radical (unpaired) electrons. The van der Waals surface area contributed by atoms with Crippen LogP contribution < -0.4 is 10.5 Å². The Morgan fingerprint density at radius 3 is 2.71 bits per heavy atom. The van der Waals surface area contributed by atoms with Gasteiger partial charge >= 0.3 is 0 Å². The highest BCUT2D eigenvalue weighted by molar-refractivity contribution is 9.10. The van der Waals surface area contributed by atoms with Gasteiger partial charge < -0.3 is 5.32 Å². The summed E-state index contributed by atoms with van der Waals surface area (Å²) in [5.74, 6) is 0.0254. The van der Waals surface area contributed by atoms with Crippen molar-refractivity contribution in [1.29, 1.82) is 0 Å². The van der Waals surface area contributed by atoms with E-state index in [0.717, 1.165) is 16.6 Å². The Kier molecular flexibility index (Phi) is 5.58. The van der Waals surface area contributed by atoms with Gasteiger partial charge in [-0.3, -0.25) is 0 Å². The molecular weight excluding hydrogens is 304 g/mol. The molecule has 0 bridgehead atoms. The van der Waals surface area contributed by atoms with Crippen LogP contribution in [-0.4, -0.2) is 20.7 Å². The van der Waals surface area contributed by atoms with E-state index in [1.54, 1.807) is 0 Å². The first-order valence-corrected chi connectivity index (χ1v) is 7.85. The van der Waals surface area contributed by atoms with Gasteiger partial charge in [-0.15, -0.1) is 0 Å². The third kappa shape index (κ3) is 6.16. The minimum Gasteiger partial charge on any atom is -0.313 e. The molecule has 0 aliphatic rings. The van der Waals surface area contributed by atoms with Crippen molar-refractivity contribution in [2.45, 2.75) is 19.9 Å². The number of halogens is 1. The predicted octanol–water partition coefficient (Wildman–Crippen LogP) is 1.53. The minimum atomic E-state index is -3.33. The molecule has 0 amide bonds. The molecule has 0 aliphatic heterocycles. The average molecular weight is 321 g/mol. The predicted molar refractivity (Wildman–Crippen MR) is 73.2 cm³/mol. The van der Waals surface area contributed by atoms with Crippen LogP contribution in [0.25, 0.3) is 0 Å². The van der Waals surface area contributed by atoms with Gasteiger partial charge in [-0.25, -0.2) is 13.6 Å². The number of primary sulfonamides is 1. The fourth-order valence-electron chi connectivity index (χ4n) is 1.38. The van der Waals surface area contributed by atoms with Gasteiger partial charge in [0.15, 0.2) is 0 Å². The van der Waals surface area contributed by atoms with Crippen LogP contribution in [0.3, 0.4) is 0 Å². The van der Waals surface area contributed by atoms with Crippen molar-refractivity contribution < 1.29 is 8.42 Å². The molecule has 1 aromatic carbocycles. The summed E-state index contributed by atoms with van der Waals surface area (Å²) in [6.45, 7) is 3.40. The van der Waals surface area contributed by atoms with Crippen LogP contribution in [0.4, 0.5) is 0 Å². The lowest BCUT2D eigenvalue weighted by Gasteiger charge is -2.06. The second-order valence-corrected chi connectivity index (χ2v) is 6.57. The summed E-state index contributed by atoms with van der Waals surface area (Å²) in [4.78, 5) is 0. The van der Waals surface area contributed by atoms with Gasteiger partial charge in [-0.05, 0) is 37.1 Å². The molecule has 0 aliphatic carbocycles. The van der Waals surface area contributed by atoms with Crippen LogP contribution >= 0.6 is 15.9 Å². The lowest BCUT2D eigenvalue weighted by molar-refractivity contribution is 0.590. The molecule has 96 valence electrons. The Bertz CT molecular complexity index is 474. The van der Waals surface area contributed by atoms with Crippen molar-refractivity contribution in [2.75, 3.05) is 12.3 Å². The number of benzene rings is 1. The zero-order chi connectivity index (χ0) is 12.9. The average Bonchev–Trinajstić information content (AvgIpc) is 2.21. The van der Waals surface area contributed by atoms with Crippen LogP contribution in [0.5, 0.6) is 0 Å². The summed E-state index contributed by atoms with van der Waals surface area (Å²) in [6, 6.07) is 6.15. The first-order valence-electron chi connectivity index (χ1n) is 5.35. The Hall–Kier alpha value is -0.430. The van der Waals surface area contributed by atoms with Crippen LogP contribution in [-0.2, 0) is 16.6 Å². The summed E-state index contributed by atoms with van der Waals surface area (Å²) in [5.41, 5.74) is 2.36. The molecule has 6 heteroatoms. The van der Waals surface area contributed by atoms with Crippen LogP contribution in [0.15, 0.2) is 22.7 Å². The van der Waals surface area contributed by atoms with Crippen molar-refractivity contribution in [3.05, 3.63) is 33.8 Å². The molecule has 1 aromatic rings. The minimum absolute atomic E-state index is 0.0254. The summed E-state index contributed by atoms with van der Waals surface area (Å²) >= 11 is 3.47. The lowest BCUT2D eigenvalue weighted by atomic mass is 10.1. The van der Waals surface area contributed by atoms with Crippen LogP contribution in [0.1, 0.15) is 17.5 Å². The van der Waals surface area contributed by atoms with Crippen molar-refractivity contribution in [2.24, 2.45) is 5.14 Å². The van der Waals surface area contributed by atoms with Crippen molar-refractivity contribution >= 4 is 26.0 Å². The molecular formula is C11H17BrN2O2S. The van der Waals surface area contributed by atoms with Gasteiger partial charge in [0.05, 0.1) is 5.75 Å². The van der Waals surface area contributed by atoms with E-state index in [9.17, 15) is 8.42 Å². The van der Waals surface area contributed by atoms with E-state index in [1.807, 2.05) is 19.1 Å². The van der Waals surface area contributed by atoms with E-state index in [2.05, 4.69) is 27.3 Å². The zero-order valence-corrected chi connectivity index (χ0v) is 12.1. The first-order chi connectivity index (χ1) is 7.88. The topological polar surface area (TPSA) is 72.2 Å². The quantitative estimate of drug-likeness (QED) is 0.781. The van der Waals surface area contributed by atoms with Crippen LogP contribution in [0, 0.1) is 6.92 Å².